The van der Waals surface area contributed by atoms with Crippen LogP contribution in [0, 0.1) is 13.8 Å². The highest BCUT2D eigenvalue weighted by molar-refractivity contribution is 5.80. The highest BCUT2D eigenvalue weighted by Crippen LogP contribution is 2.34. The molecule has 6 heteroatoms. The molecule has 26 heavy (non-hydrogen) atoms. The van der Waals surface area contributed by atoms with Crippen LogP contribution in [0.1, 0.15) is 24.1 Å². The van der Waals surface area contributed by atoms with Crippen LogP contribution in [0.2, 0.25) is 0 Å². The summed E-state index contributed by atoms with van der Waals surface area (Å²) in [6.45, 7) is 7.76. The van der Waals surface area contributed by atoms with Gasteiger partial charge in [-0.25, -0.2) is 9.97 Å². The van der Waals surface area contributed by atoms with Crippen molar-refractivity contribution in [1.29, 1.82) is 0 Å². The number of hydrogen-bond donors (Lipinski definition) is 1. The van der Waals surface area contributed by atoms with E-state index in [9.17, 15) is 0 Å². The second kappa shape index (κ2) is 6.63. The van der Waals surface area contributed by atoms with Gasteiger partial charge < -0.3 is 9.13 Å². The molecule has 0 atom stereocenters. The molecule has 0 aliphatic carbocycles. The monoisotopic (exact) mass is 346 g/mol. The van der Waals surface area contributed by atoms with Crippen LogP contribution in [0.4, 0.5) is 0 Å². The molecule has 4 aromatic rings. The molecule has 4 rings (SSSR count). The summed E-state index contributed by atoms with van der Waals surface area (Å²) in [5.74, 6) is 1.02. The van der Waals surface area contributed by atoms with Crippen LogP contribution in [0.3, 0.4) is 0 Å². The number of nitrogens with one attached hydrogen (secondary N) is 1. The fourth-order valence-electron chi connectivity index (χ4n) is 3.40. The number of imidazole rings is 2. The predicted molar refractivity (Wildman–Crippen MR) is 102 cm³/mol. The summed E-state index contributed by atoms with van der Waals surface area (Å²) in [5, 5.41) is 7.49. The fraction of sp³-hybridized carbons (Fsp3) is 0.250. The number of aryl methyl sites for hydroxylation is 3. The van der Waals surface area contributed by atoms with Gasteiger partial charge in [-0.3, -0.25) is 5.10 Å². The Labute approximate surface area is 152 Å². The maximum atomic E-state index is 4.74. The van der Waals surface area contributed by atoms with E-state index in [0.29, 0.717) is 6.54 Å². The SMILES string of the molecule is CCn1ccnc1Cn1cnc(-c2ccccc2)c1-c1c(C)n[nH]c1C. The molecule has 6 nitrogen and oxygen atoms in total. The molecule has 0 spiro atoms. The molecule has 0 saturated heterocycles. The first kappa shape index (κ1) is 16.3. The zero-order valence-corrected chi connectivity index (χ0v) is 15.3. The highest BCUT2D eigenvalue weighted by Gasteiger charge is 2.21. The van der Waals surface area contributed by atoms with Crippen LogP contribution < -0.4 is 0 Å². The third kappa shape index (κ3) is 2.73. The molecule has 0 aliphatic heterocycles. The fourth-order valence-corrected chi connectivity index (χ4v) is 3.40. The zero-order chi connectivity index (χ0) is 18.1. The van der Waals surface area contributed by atoms with Gasteiger partial charge in [-0.2, -0.15) is 5.10 Å². The van der Waals surface area contributed by atoms with E-state index < -0.39 is 0 Å². The third-order valence-corrected chi connectivity index (χ3v) is 4.70. The Morgan fingerprint density at radius 3 is 2.54 bits per heavy atom. The number of aromatic amines is 1. The topological polar surface area (TPSA) is 64.3 Å². The Morgan fingerprint density at radius 1 is 1.04 bits per heavy atom. The Balaban J connectivity index is 1.89. The van der Waals surface area contributed by atoms with Crippen LogP contribution in [-0.2, 0) is 13.1 Å². The van der Waals surface area contributed by atoms with E-state index in [1.807, 2.05) is 43.8 Å². The number of H-pyrrole nitrogens is 1. The molecule has 0 bridgehead atoms. The third-order valence-electron chi connectivity index (χ3n) is 4.70. The van der Waals surface area contributed by atoms with Gasteiger partial charge in [0.15, 0.2) is 0 Å². The average molecular weight is 346 g/mol. The van der Waals surface area contributed by atoms with Crippen LogP contribution in [-0.4, -0.2) is 29.3 Å². The number of aromatic nitrogens is 6. The smallest absolute Gasteiger partial charge is 0.128 e. The van der Waals surface area contributed by atoms with Gasteiger partial charge >= 0.3 is 0 Å². The summed E-state index contributed by atoms with van der Waals surface area (Å²) in [7, 11) is 0. The van der Waals surface area contributed by atoms with Crippen LogP contribution in [0.25, 0.3) is 22.5 Å². The Kier molecular flexibility index (Phi) is 4.16. The van der Waals surface area contributed by atoms with Gasteiger partial charge in [-0.05, 0) is 20.8 Å². The molecule has 3 heterocycles. The first-order valence-corrected chi connectivity index (χ1v) is 8.81. The maximum absolute atomic E-state index is 4.74. The Morgan fingerprint density at radius 2 is 1.85 bits per heavy atom. The van der Waals surface area contributed by atoms with Crippen molar-refractivity contribution in [3.63, 3.8) is 0 Å². The van der Waals surface area contributed by atoms with Crippen LogP contribution in [0.15, 0.2) is 49.1 Å². The standard InChI is InChI=1S/C20H22N6/c1-4-25-11-10-21-17(25)12-26-13-22-19(16-8-6-5-7-9-16)20(26)18-14(2)23-24-15(18)3/h5-11,13H,4,12H2,1-3H3,(H,23,24). The number of rotatable bonds is 5. The van der Waals surface area contributed by atoms with Gasteiger partial charge in [-0.1, -0.05) is 30.3 Å². The first-order chi connectivity index (χ1) is 12.7. The van der Waals surface area contributed by atoms with E-state index in [4.69, 9.17) is 4.98 Å². The molecule has 1 N–H and O–H groups in total. The normalized spacial score (nSPS) is 11.2. The summed E-state index contributed by atoms with van der Waals surface area (Å²) >= 11 is 0. The molecular weight excluding hydrogens is 324 g/mol. The van der Waals surface area contributed by atoms with Gasteiger partial charge in [0.25, 0.3) is 0 Å². The minimum Gasteiger partial charge on any atom is -0.334 e. The van der Waals surface area contributed by atoms with Crippen molar-refractivity contribution in [1.82, 2.24) is 29.3 Å². The lowest BCUT2D eigenvalue weighted by Crippen LogP contribution is -2.08. The molecule has 132 valence electrons. The highest BCUT2D eigenvalue weighted by atomic mass is 15.2. The van der Waals surface area contributed by atoms with E-state index in [0.717, 1.165) is 46.3 Å². The van der Waals surface area contributed by atoms with Crippen molar-refractivity contribution in [2.75, 3.05) is 0 Å². The molecule has 0 aliphatic rings. The molecular formula is C20H22N6. The zero-order valence-electron chi connectivity index (χ0n) is 15.3. The molecule has 3 aromatic heterocycles. The predicted octanol–water partition coefficient (Wildman–Crippen LogP) is 3.82. The van der Waals surface area contributed by atoms with Crippen LogP contribution >= 0.6 is 0 Å². The first-order valence-electron chi connectivity index (χ1n) is 8.81. The quantitative estimate of drug-likeness (QED) is 0.597. The van der Waals surface area contributed by atoms with Gasteiger partial charge in [0, 0.05) is 35.8 Å². The van der Waals surface area contributed by atoms with E-state index >= 15 is 0 Å². The lowest BCUT2D eigenvalue weighted by Gasteiger charge is -2.12. The molecule has 1 aromatic carbocycles. The van der Waals surface area contributed by atoms with E-state index in [1.54, 1.807) is 0 Å². The van der Waals surface area contributed by atoms with Crippen molar-refractivity contribution in [2.45, 2.75) is 33.9 Å². The Hall–Kier alpha value is -3.15. The minimum atomic E-state index is 0.667. The molecule has 0 amide bonds. The van der Waals surface area contributed by atoms with Crippen molar-refractivity contribution in [3.8, 4) is 22.5 Å². The van der Waals surface area contributed by atoms with Gasteiger partial charge in [-0.15, -0.1) is 0 Å². The maximum Gasteiger partial charge on any atom is 0.128 e. The molecule has 0 radical (unpaired) electrons. The minimum absolute atomic E-state index is 0.667. The van der Waals surface area contributed by atoms with Gasteiger partial charge in [0.05, 0.1) is 30.0 Å². The largest absolute Gasteiger partial charge is 0.334 e. The second-order valence-corrected chi connectivity index (χ2v) is 6.37. The van der Waals surface area contributed by atoms with Crippen molar-refractivity contribution < 1.29 is 0 Å². The summed E-state index contributed by atoms with van der Waals surface area (Å²) in [4.78, 5) is 9.27. The van der Waals surface area contributed by atoms with E-state index in [1.165, 1.54) is 0 Å². The lowest BCUT2D eigenvalue weighted by molar-refractivity contribution is 0.653. The van der Waals surface area contributed by atoms with E-state index in [-0.39, 0.29) is 0 Å². The van der Waals surface area contributed by atoms with Crippen molar-refractivity contribution in [3.05, 3.63) is 66.3 Å². The van der Waals surface area contributed by atoms with Crippen molar-refractivity contribution >= 4 is 0 Å². The summed E-state index contributed by atoms with van der Waals surface area (Å²) in [5.41, 5.74) is 6.26. The van der Waals surface area contributed by atoms with Gasteiger partial charge in [0.1, 0.15) is 5.82 Å². The number of nitrogens with zero attached hydrogens (tertiary/aromatic N) is 5. The second-order valence-electron chi connectivity index (χ2n) is 6.37. The van der Waals surface area contributed by atoms with Crippen molar-refractivity contribution in [2.24, 2.45) is 0 Å². The summed E-state index contributed by atoms with van der Waals surface area (Å²) in [6.07, 6.45) is 5.76. The number of hydrogen-bond acceptors (Lipinski definition) is 3. The molecule has 0 saturated carbocycles. The molecule has 0 fully saturated rings. The lowest BCUT2D eigenvalue weighted by atomic mass is 10.0. The van der Waals surface area contributed by atoms with Gasteiger partial charge in [0.2, 0.25) is 0 Å². The Bertz CT molecular complexity index is 1000. The average Bonchev–Trinajstić information content (AvgIpc) is 3.36. The number of benzene rings is 1. The summed E-state index contributed by atoms with van der Waals surface area (Å²) < 4.78 is 4.32. The van der Waals surface area contributed by atoms with Crippen LogP contribution in [0.5, 0.6) is 0 Å². The summed E-state index contributed by atoms with van der Waals surface area (Å²) in [6, 6.07) is 10.3. The van der Waals surface area contributed by atoms with E-state index in [2.05, 4.69) is 50.3 Å². The molecule has 0 unspecified atom stereocenters.